The standard InChI is InChI=1S/C21H25N3O4S/c1-23-12-14-24(15-13-23)29(26,27)18-9-10-20(28-2)19(16-18)22-21(25)11-8-17-6-4-3-5-7-17/h3-11,16H,12-15H2,1-2H3,(H,22,25)/p+1/b11-8+. The molecule has 0 unspecified atom stereocenters. The second-order valence-electron chi connectivity index (χ2n) is 6.96. The molecule has 154 valence electrons. The van der Waals surface area contributed by atoms with Crippen LogP contribution in [0.15, 0.2) is 59.5 Å². The SMILES string of the molecule is COc1ccc(S(=O)(=O)N2CC[NH+](C)CC2)cc1NC(=O)/C=C/c1ccccc1. The van der Waals surface area contributed by atoms with Crippen LogP contribution in [0.2, 0.25) is 0 Å². The Hall–Kier alpha value is -2.68. The number of hydrogen-bond acceptors (Lipinski definition) is 4. The van der Waals surface area contributed by atoms with Crippen LogP contribution in [0.4, 0.5) is 5.69 Å². The summed E-state index contributed by atoms with van der Waals surface area (Å²) in [4.78, 5) is 13.8. The van der Waals surface area contributed by atoms with Crippen molar-refractivity contribution in [1.29, 1.82) is 0 Å². The van der Waals surface area contributed by atoms with Gasteiger partial charge in [0.05, 0.1) is 50.9 Å². The molecule has 1 aliphatic heterocycles. The van der Waals surface area contributed by atoms with Crippen LogP contribution >= 0.6 is 0 Å². The zero-order valence-corrected chi connectivity index (χ0v) is 17.4. The van der Waals surface area contributed by atoms with Gasteiger partial charge in [0, 0.05) is 6.08 Å². The average Bonchev–Trinajstić information content (AvgIpc) is 2.73. The minimum atomic E-state index is -3.63. The lowest BCUT2D eigenvalue weighted by Crippen LogP contribution is -3.12. The van der Waals surface area contributed by atoms with E-state index in [0.29, 0.717) is 24.5 Å². The van der Waals surface area contributed by atoms with E-state index in [-0.39, 0.29) is 10.8 Å². The molecular weight excluding hydrogens is 390 g/mol. The zero-order valence-electron chi connectivity index (χ0n) is 16.6. The molecule has 3 rings (SSSR count). The number of rotatable bonds is 6. The van der Waals surface area contributed by atoms with Crippen molar-refractivity contribution in [3.63, 3.8) is 0 Å². The van der Waals surface area contributed by atoms with Crippen LogP contribution < -0.4 is 15.0 Å². The van der Waals surface area contributed by atoms with Crippen LogP contribution in [-0.2, 0) is 14.8 Å². The molecule has 2 aromatic carbocycles. The number of carbonyl (C=O) groups excluding carboxylic acids is 1. The summed E-state index contributed by atoms with van der Waals surface area (Å²) in [7, 11) is -0.105. The van der Waals surface area contributed by atoms with Crippen LogP contribution in [0.3, 0.4) is 0 Å². The van der Waals surface area contributed by atoms with Crippen LogP contribution in [0.25, 0.3) is 6.08 Å². The maximum atomic E-state index is 13.0. The number of methoxy groups -OCH3 is 1. The molecule has 29 heavy (non-hydrogen) atoms. The van der Waals surface area contributed by atoms with Gasteiger partial charge in [-0.3, -0.25) is 4.79 Å². The Labute approximate surface area is 171 Å². The predicted octanol–water partition coefficient (Wildman–Crippen LogP) is 0.866. The molecule has 0 aliphatic carbocycles. The fraction of sp³-hybridized carbons (Fsp3) is 0.286. The third-order valence-electron chi connectivity index (χ3n) is 4.87. The van der Waals surface area contributed by atoms with Crippen LogP contribution in [0.1, 0.15) is 5.56 Å². The van der Waals surface area contributed by atoms with Crippen molar-refractivity contribution in [3.8, 4) is 5.75 Å². The maximum Gasteiger partial charge on any atom is 0.248 e. The second-order valence-corrected chi connectivity index (χ2v) is 8.89. The van der Waals surface area contributed by atoms with Crippen LogP contribution in [0.5, 0.6) is 5.75 Å². The monoisotopic (exact) mass is 416 g/mol. The van der Waals surface area contributed by atoms with Crippen molar-refractivity contribution < 1.29 is 22.8 Å². The largest absolute Gasteiger partial charge is 0.495 e. The molecule has 0 aromatic heterocycles. The maximum absolute atomic E-state index is 13.0. The molecular formula is C21H26N3O4S+. The lowest BCUT2D eigenvalue weighted by molar-refractivity contribution is -0.883. The summed E-state index contributed by atoms with van der Waals surface area (Å²) in [5.41, 5.74) is 1.21. The third kappa shape index (κ3) is 5.23. The minimum Gasteiger partial charge on any atom is -0.495 e. The van der Waals surface area contributed by atoms with Gasteiger partial charge in [-0.1, -0.05) is 30.3 Å². The average molecular weight is 417 g/mol. The smallest absolute Gasteiger partial charge is 0.248 e. The Balaban J connectivity index is 1.80. The number of anilines is 1. The van der Waals surface area contributed by atoms with E-state index in [1.54, 1.807) is 12.1 Å². The summed E-state index contributed by atoms with van der Waals surface area (Å²) in [5.74, 6) is 0.0260. The number of sulfonamides is 1. The third-order valence-corrected chi connectivity index (χ3v) is 6.76. The highest BCUT2D eigenvalue weighted by molar-refractivity contribution is 7.89. The summed E-state index contributed by atoms with van der Waals surface area (Å²) in [6.07, 6.45) is 3.09. The van der Waals surface area contributed by atoms with Crippen molar-refractivity contribution in [1.82, 2.24) is 4.31 Å². The first kappa shape index (κ1) is 21.0. The predicted molar refractivity (Wildman–Crippen MR) is 112 cm³/mol. The van der Waals surface area contributed by atoms with Gasteiger partial charge in [-0.05, 0) is 29.8 Å². The molecule has 0 spiro atoms. The molecule has 0 radical (unpaired) electrons. The van der Waals surface area contributed by atoms with Gasteiger partial charge in [-0.2, -0.15) is 4.31 Å². The number of hydrogen-bond donors (Lipinski definition) is 2. The van der Waals surface area contributed by atoms with Gasteiger partial charge in [0.2, 0.25) is 15.9 Å². The molecule has 1 heterocycles. The number of benzene rings is 2. The molecule has 8 heteroatoms. The minimum absolute atomic E-state index is 0.139. The lowest BCUT2D eigenvalue weighted by atomic mass is 10.2. The summed E-state index contributed by atoms with van der Waals surface area (Å²) in [6.45, 7) is 2.48. The molecule has 1 amide bonds. The van der Waals surface area contributed by atoms with E-state index >= 15 is 0 Å². The van der Waals surface area contributed by atoms with E-state index in [0.717, 1.165) is 18.7 Å². The van der Waals surface area contributed by atoms with Gasteiger partial charge in [-0.25, -0.2) is 8.42 Å². The number of nitrogens with one attached hydrogen (secondary N) is 2. The fourth-order valence-electron chi connectivity index (χ4n) is 3.11. The lowest BCUT2D eigenvalue weighted by Gasteiger charge is -2.29. The van der Waals surface area contributed by atoms with Gasteiger partial charge in [0.1, 0.15) is 5.75 Å². The molecule has 1 aliphatic rings. The van der Waals surface area contributed by atoms with Crippen molar-refractivity contribution in [2.75, 3.05) is 45.7 Å². The molecule has 1 saturated heterocycles. The molecule has 7 nitrogen and oxygen atoms in total. The first-order valence-corrected chi connectivity index (χ1v) is 10.9. The van der Waals surface area contributed by atoms with Gasteiger partial charge in [-0.15, -0.1) is 0 Å². The van der Waals surface area contributed by atoms with E-state index in [1.807, 2.05) is 37.4 Å². The molecule has 1 fully saturated rings. The van der Waals surface area contributed by atoms with E-state index in [1.165, 1.54) is 34.5 Å². The van der Waals surface area contributed by atoms with Crippen molar-refractivity contribution in [3.05, 3.63) is 60.2 Å². The van der Waals surface area contributed by atoms with Crippen LogP contribution in [-0.4, -0.2) is 59.0 Å². The first-order valence-electron chi connectivity index (χ1n) is 9.44. The summed E-state index contributed by atoms with van der Waals surface area (Å²) in [6, 6.07) is 14.0. The van der Waals surface area contributed by atoms with Gasteiger partial charge < -0.3 is 15.0 Å². The summed E-state index contributed by atoms with van der Waals surface area (Å²) in [5, 5.41) is 2.72. The van der Waals surface area contributed by atoms with Crippen LogP contribution in [0, 0.1) is 0 Å². The number of amides is 1. The molecule has 0 bridgehead atoms. The Morgan fingerprint density at radius 2 is 1.83 bits per heavy atom. The second kappa shape index (κ2) is 9.21. The molecule has 0 saturated carbocycles. The Morgan fingerprint density at radius 3 is 2.48 bits per heavy atom. The highest BCUT2D eigenvalue weighted by Crippen LogP contribution is 2.29. The van der Waals surface area contributed by atoms with Gasteiger partial charge in [0.15, 0.2) is 0 Å². The van der Waals surface area contributed by atoms with E-state index < -0.39 is 10.0 Å². The quantitative estimate of drug-likeness (QED) is 0.685. The van der Waals surface area contributed by atoms with Crippen molar-refractivity contribution in [2.45, 2.75) is 4.90 Å². The number of nitrogens with zero attached hydrogens (tertiary/aromatic N) is 1. The van der Waals surface area contributed by atoms with Gasteiger partial charge in [0.25, 0.3) is 0 Å². The zero-order chi connectivity index (χ0) is 20.9. The summed E-state index contributed by atoms with van der Waals surface area (Å²) >= 11 is 0. The Kier molecular flexibility index (Phi) is 6.68. The Bertz CT molecular complexity index is 982. The molecule has 0 atom stereocenters. The number of ether oxygens (including phenoxy) is 1. The highest BCUT2D eigenvalue weighted by Gasteiger charge is 2.29. The first-order chi connectivity index (χ1) is 13.9. The van der Waals surface area contributed by atoms with Crippen molar-refractivity contribution >= 4 is 27.7 Å². The Morgan fingerprint density at radius 1 is 1.14 bits per heavy atom. The van der Waals surface area contributed by atoms with E-state index in [4.69, 9.17) is 4.74 Å². The normalized spacial score (nSPS) is 16.1. The number of piperazine rings is 1. The fourth-order valence-corrected chi connectivity index (χ4v) is 4.58. The van der Waals surface area contributed by atoms with Crippen molar-refractivity contribution in [2.24, 2.45) is 0 Å². The molecule has 2 aromatic rings. The number of quaternary nitrogens is 1. The van der Waals surface area contributed by atoms with Gasteiger partial charge >= 0.3 is 0 Å². The number of carbonyl (C=O) groups is 1. The molecule has 2 N–H and O–H groups in total. The topological polar surface area (TPSA) is 80.2 Å². The van der Waals surface area contributed by atoms with E-state index in [2.05, 4.69) is 5.32 Å². The summed E-state index contributed by atoms with van der Waals surface area (Å²) < 4.78 is 32.8. The number of likely N-dealkylation sites (N-methyl/N-ethyl adjacent to an activating group) is 1. The van der Waals surface area contributed by atoms with E-state index in [9.17, 15) is 13.2 Å². The highest BCUT2D eigenvalue weighted by atomic mass is 32.2.